The van der Waals surface area contributed by atoms with E-state index in [4.69, 9.17) is 0 Å². The summed E-state index contributed by atoms with van der Waals surface area (Å²) in [7, 11) is 0. The number of benzene rings is 3. The van der Waals surface area contributed by atoms with Crippen molar-refractivity contribution in [2.75, 3.05) is 0 Å². The van der Waals surface area contributed by atoms with E-state index in [1.54, 1.807) is 0 Å². The van der Waals surface area contributed by atoms with Gasteiger partial charge in [-0.1, -0.05) is 72.3 Å². The third-order valence-electron chi connectivity index (χ3n) is 3.70. The van der Waals surface area contributed by atoms with Crippen LogP contribution in [0.1, 0.15) is 11.1 Å². The average molecular weight is 258 g/mol. The van der Waals surface area contributed by atoms with E-state index in [0.717, 1.165) is 0 Å². The normalized spacial score (nSPS) is 10.5. The zero-order valence-corrected chi connectivity index (χ0v) is 11.9. The molecule has 20 heavy (non-hydrogen) atoms. The highest BCUT2D eigenvalue weighted by Gasteiger charge is 2.03. The van der Waals surface area contributed by atoms with Crippen LogP contribution in [0.3, 0.4) is 0 Å². The molecule has 0 saturated heterocycles. The molecule has 0 amide bonds. The van der Waals surface area contributed by atoms with Gasteiger partial charge in [-0.3, -0.25) is 0 Å². The molecule has 0 aliphatic heterocycles. The number of hydrogen-bond donors (Lipinski definition) is 0. The number of hydrogen-bond acceptors (Lipinski definition) is 0. The number of rotatable bonds is 2. The second-order valence-electron chi connectivity index (χ2n) is 5.26. The van der Waals surface area contributed by atoms with Gasteiger partial charge in [0.15, 0.2) is 0 Å². The highest BCUT2D eigenvalue weighted by atomic mass is 14.1. The van der Waals surface area contributed by atoms with Gasteiger partial charge in [0.2, 0.25) is 0 Å². The van der Waals surface area contributed by atoms with Crippen LogP contribution in [0.4, 0.5) is 0 Å². The fourth-order valence-corrected chi connectivity index (χ4v) is 2.51. The van der Waals surface area contributed by atoms with Gasteiger partial charge in [-0.05, 0) is 47.7 Å². The lowest BCUT2D eigenvalue weighted by molar-refractivity contribution is 1.45. The lowest BCUT2D eigenvalue weighted by Crippen LogP contribution is -1.84. The minimum Gasteiger partial charge on any atom is -0.0620 e. The molecule has 3 rings (SSSR count). The first-order valence-corrected chi connectivity index (χ1v) is 6.97. The van der Waals surface area contributed by atoms with Crippen molar-refractivity contribution in [3.8, 4) is 22.3 Å². The molecule has 98 valence electrons. The minimum atomic E-state index is 1.27. The van der Waals surface area contributed by atoms with Gasteiger partial charge in [0.1, 0.15) is 0 Å². The van der Waals surface area contributed by atoms with Gasteiger partial charge < -0.3 is 0 Å². The summed E-state index contributed by atoms with van der Waals surface area (Å²) in [6.45, 7) is 4.28. The molecule has 0 unspecified atom stereocenters. The Hall–Kier alpha value is -2.34. The molecule has 0 radical (unpaired) electrons. The zero-order chi connectivity index (χ0) is 13.9. The van der Waals surface area contributed by atoms with Crippen LogP contribution >= 0.6 is 0 Å². The van der Waals surface area contributed by atoms with Crippen molar-refractivity contribution in [1.29, 1.82) is 0 Å². The Bertz CT molecular complexity index is 721. The Morgan fingerprint density at radius 2 is 1.25 bits per heavy atom. The standard InChI is InChI=1S/C20H18/c1-15-10-12-17(13-11-15)18-7-5-8-19(14-18)20-9-4-3-6-16(20)2/h3-14H,1-2H3. The Balaban J connectivity index is 2.06. The second-order valence-corrected chi connectivity index (χ2v) is 5.26. The summed E-state index contributed by atoms with van der Waals surface area (Å²) in [6.07, 6.45) is 0. The fourth-order valence-electron chi connectivity index (χ4n) is 2.51. The molecule has 0 N–H and O–H groups in total. The second kappa shape index (κ2) is 5.34. The van der Waals surface area contributed by atoms with Crippen LogP contribution in [0.15, 0.2) is 72.8 Å². The van der Waals surface area contributed by atoms with Gasteiger partial charge >= 0.3 is 0 Å². The van der Waals surface area contributed by atoms with Crippen LogP contribution in [0.2, 0.25) is 0 Å². The molecule has 0 aliphatic carbocycles. The van der Waals surface area contributed by atoms with E-state index in [0.29, 0.717) is 0 Å². The first-order valence-electron chi connectivity index (χ1n) is 6.97. The maximum absolute atomic E-state index is 2.27. The van der Waals surface area contributed by atoms with Crippen molar-refractivity contribution in [3.05, 3.63) is 83.9 Å². The molecule has 0 spiro atoms. The molecule has 0 heteroatoms. The van der Waals surface area contributed by atoms with E-state index in [2.05, 4.69) is 86.6 Å². The van der Waals surface area contributed by atoms with Gasteiger partial charge in [0.05, 0.1) is 0 Å². The van der Waals surface area contributed by atoms with Crippen molar-refractivity contribution in [3.63, 3.8) is 0 Å². The monoisotopic (exact) mass is 258 g/mol. The molecule has 0 heterocycles. The molecule has 0 fully saturated rings. The molecule has 0 nitrogen and oxygen atoms in total. The molecular weight excluding hydrogens is 240 g/mol. The Kier molecular flexibility index (Phi) is 3.39. The van der Waals surface area contributed by atoms with Gasteiger partial charge in [-0.15, -0.1) is 0 Å². The lowest BCUT2D eigenvalue weighted by Gasteiger charge is -2.08. The van der Waals surface area contributed by atoms with Crippen LogP contribution in [0, 0.1) is 13.8 Å². The van der Waals surface area contributed by atoms with Crippen LogP contribution in [0.25, 0.3) is 22.3 Å². The maximum atomic E-state index is 2.27. The molecule has 0 atom stereocenters. The van der Waals surface area contributed by atoms with Crippen LogP contribution < -0.4 is 0 Å². The third kappa shape index (κ3) is 2.50. The predicted octanol–water partition coefficient (Wildman–Crippen LogP) is 5.64. The molecule has 0 saturated carbocycles. The fraction of sp³-hybridized carbons (Fsp3) is 0.100. The topological polar surface area (TPSA) is 0 Å². The summed E-state index contributed by atoms with van der Waals surface area (Å²) in [5, 5.41) is 0. The van der Waals surface area contributed by atoms with Crippen molar-refractivity contribution in [1.82, 2.24) is 0 Å². The van der Waals surface area contributed by atoms with Gasteiger partial charge in [0, 0.05) is 0 Å². The predicted molar refractivity (Wildman–Crippen MR) is 86.8 cm³/mol. The third-order valence-corrected chi connectivity index (χ3v) is 3.70. The van der Waals surface area contributed by atoms with Crippen molar-refractivity contribution >= 4 is 0 Å². The Morgan fingerprint density at radius 3 is 2.00 bits per heavy atom. The van der Waals surface area contributed by atoms with E-state index in [1.807, 2.05) is 0 Å². The largest absolute Gasteiger partial charge is 0.0620 e. The van der Waals surface area contributed by atoms with E-state index in [1.165, 1.54) is 33.4 Å². The summed E-state index contributed by atoms with van der Waals surface area (Å²) in [5.74, 6) is 0. The summed E-state index contributed by atoms with van der Waals surface area (Å²) in [6, 6.07) is 26.0. The summed E-state index contributed by atoms with van der Waals surface area (Å²) in [5.41, 5.74) is 7.73. The lowest BCUT2D eigenvalue weighted by atomic mass is 9.96. The SMILES string of the molecule is Cc1ccc(-c2cccc(-c3ccccc3C)c2)cc1. The van der Waals surface area contributed by atoms with E-state index in [-0.39, 0.29) is 0 Å². The Labute approximate surface area is 120 Å². The van der Waals surface area contributed by atoms with Crippen molar-refractivity contribution in [2.45, 2.75) is 13.8 Å². The van der Waals surface area contributed by atoms with Gasteiger partial charge in [0.25, 0.3) is 0 Å². The van der Waals surface area contributed by atoms with Crippen LogP contribution in [-0.4, -0.2) is 0 Å². The minimum absolute atomic E-state index is 1.27. The Morgan fingerprint density at radius 1 is 0.550 bits per heavy atom. The van der Waals surface area contributed by atoms with Crippen LogP contribution in [0.5, 0.6) is 0 Å². The highest BCUT2D eigenvalue weighted by molar-refractivity contribution is 5.74. The molecule has 0 aliphatic rings. The molecular formula is C20H18. The maximum Gasteiger partial charge on any atom is -0.0155 e. The summed E-state index contributed by atoms with van der Waals surface area (Å²) >= 11 is 0. The molecule has 3 aromatic rings. The average Bonchev–Trinajstić information content (AvgIpc) is 2.49. The number of aryl methyl sites for hydroxylation is 2. The molecule has 0 bridgehead atoms. The van der Waals surface area contributed by atoms with E-state index < -0.39 is 0 Å². The van der Waals surface area contributed by atoms with Gasteiger partial charge in [-0.25, -0.2) is 0 Å². The van der Waals surface area contributed by atoms with E-state index >= 15 is 0 Å². The molecule has 3 aromatic carbocycles. The molecule has 0 aromatic heterocycles. The summed E-state index contributed by atoms with van der Waals surface area (Å²) < 4.78 is 0. The smallest absolute Gasteiger partial charge is 0.0155 e. The van der Waals surface area contributed by atoms with Crippen LogP contribution in [-0.2, 0) is 0 Å². The quantitative estimate of drug-likeness (QED) is 0.558. The zero-order valence-electron chi connectivity index (χ0n) is 11.9. The van der Waals surface area contributed by atoms with Crippen molar-refractivity contribution in [2.24, 2.45) is 0 Å². The first-order chi connectivity index (χ1) is 9.74. The first kappa shape index (κ1) is 12.7. The van der Waals surface area contributed by atoms with E-state index in [9.17, 15) is 0 Å². The van der Waals surface area contributed by atoms with Crippen molar-refractivity contribution < 1.29 is 0 Å². The highest BCUT2D eigenvalue weighted by Crippen LogP contribution is 2.28. The van der Waals surface area contributed by atoms with Gasteiger partial charge in [-0.2, -0.15) is 0 Å². The summed E-state index contributed by atoms with van der Waals surface area (Å²) in [4.78, 5) is 0.